The first-order valence-corrected chi connectivity index (χ1v) is 6.86. The molecule has 0 aromatic rings. The maximum absolute atomic E-state index is 5.72. The van der Waals surface area contributed by atoms with Crippen LogP contribution >= 0.6 is 0 Å². The normalized spacial score (nSPS) is 26.5. The quantitative estimate of drug-likeness (QED) is 0.797. The van der Waals surface area contributed by atoms with Gasteiger partial charge in [-0.05, 0) is 26.7 Å². The largest absolute Gasteiger partial charge is 0.380 e. The van der Waals surface area contributed by atoms with E-state index in [-0.39, 0.29) is 5.79 Å². The first kappa shape index (κ1) is 13.3. The van der Waals surface area contributed by atoms with Crippen LogP contribution in [0.25, 0.3) is 0 Å². The van der Waals surface area contributed by atoms with Gasteiger partial charge in [-0.3, -0.25) is 0 Å². The summed E-state index contributed by atoms with van der Waals surface area (Å²) in [5, 5.41) is 3.62. The Morgan fingerprint density at radius 1 is 1.29 bits per heavy atom. The molecular weight excluding hydrogens is 218 g/mol. The van der Waals surface area contributed by atoms with Crippen molar-refractivity contribution in [1.82, 2.24) is 5.32 Å². The molecule has 4 heteroatoms. The van der Waals surface area contributed by atoms with Crippen molar-refractivity contribution in [3.05, 3.63) is 0 Å². The molecule has 0 bridgehead atoms. The van der Waals surface area contributed by atoms with Crippen molar-refractivity contribution in [3.63, 3.8) is 0 Å². The highest BCUT2D eigenvalue weighted by Crippen LogP contribution is 2.35. The zero-order valence-corrected chi connectivity index (χ0v) is 11.0. The Labute approximate surface area is 104 Å². The summed E-state index contributed by atoms with van der Waals surface area (Å²) in [7, 11) is 0. The van der Waals surface area contributed by atoms with Crippen LogP contribution < -0.4 is 5.32 Å². The average molecular weight is 243 g/mol. The molecule has 2 fully saturated rings. The number of hydrogen-bond donors (Lipinski definition) is 1. The van der Waals surface area contributed by atoms with Gasteiger partial charge in [-0.15, -0.1) is 0 Å². The van der Waals surface area contributed by atoms with Gasteiger partial charge in [-0.25, -0.2) is 0 Å². The Kier molecular flexibility index (Phi) is 4.79. The molecule has 1 atom stereocenters. The predicted molar refractivity (Wildman–Crippen MR) is 66.0 cm³/mol. The molecule has 1 saturated heterocycles. The highest BCUT2D eigenvalue weighted by molar-refractivity contribution is 4.86. The van der Waals surface area contributed by atoms with Crippen molar-refractivity contribution in [1.29, 1.82) is 0 Å². The van der Waals surface area contributed by atoms with E-state index in [1.165, 1.54) is 0 Å². The van der Waals surface area contributed by atoms with E-state index in [0.717, 1.165) is 52.1 Å². The summed E-state index contributed by atoms with van der Waals surface area (Å²) >= 11 is 0. The molecule has 17 heavy (non-hydrogen) atoms. The number of hydrogen-bond acceptors (Lipinski definition) is 4. The summed E-state index contributed by atoms with van der Waals surface area (Å²) in [4.78, 5) is 0. The Bertz CT molecular complexity index is 219. The second-order valence-corrected chi connectivity index (χ2v) is 5.11. The molecule has 2 rings (SSSR count). The minimum absolute atomic E-state index is 0.235. The lowest BCUT2D eigenvalue weighted by molar-refractivity contribution is -0.179. The fourth-order valence-corrected chi connectivity index (χ4v) is 2.76. The van der Waals surface area contributed by atoms with E-state index in [2.05, 4.69) is 12.2 Å². The van der Waals surface area contributed by atoms with Gasteiger partial charge in [0.2, 0.25) is 0 Å². The average Bonchev–Trinajstić information content (AvgIpc) is 2.79. The van der Waals surface area contributed by atoms with Crippen molar-refractivity contribution >= 4 is 0 Å². The van der Waals surface area contributed by atoms with Crippen LogP contribution in [0, 0.1) is 0 Å². The van der Waals surface area contributed by atoms with Crippen molar-refractivity contribution in [2.24, 2.45) is 0 Å². The molecule has 100 valence electrons. The molecule has 1 aliphatic heterocycles. The SMILES string of the molecule is CCOCC(C)NC1CCC2(CC1)OCCO2. The van der Waals surface area contributed by atoms with E-state index in [1.54, 1.807) is 0 Å². The van der Waals surface area contributed by atoms with Gasteiger partial charge in [0.1, 0.15) is 0 Å². The van der Waals surface area contributed by atoms with Crippen LogP contribution in [-0.4, -0.2) is 44.3 Å². The van der Waals surface area contributed by atoms with Gasteiger partial charge >= 0.3 is 0 Å². The second kappa shape index (κ2) is 6.14. The van der Waals surface area contributed by atoms with Crippen LogP contribution in [0.4, 0.5) is 0 Å². The molecule has 2 aliphatic rings. The van der Waals surface area contributed by atoms with Gasteiger partial charge in [0.05, 0.1) is 19.8 Å². The van der Waals surface area contributed by atoms with E-state index >= 15 is 0 Å². The van der Waals surface area contributed by atoms with E-state index in [0.29, 0.717) is 12.1 Å². The van der Waals surface area contributed by atoms with Crippen LogP contribution in [0.15, 0.2) is 0 Å². The molecule has 1 N–H and O–H groups in total. The third kappa shape index (κ3) is 3.65. The summed E-state index contributed by atoms with van der Waals surface area (Å²) in [6.45, 7) is 7.33. The standard InChI is InChI=1S/C13H25NO3/c1-3-15-10-11(2)14-12-4-6-13(7-5-12)16-8-9-17-13/h11-12,14H,3-10H2,1-2H3. The first-order chi connectivity index (χ1) is 8.24. The third-order valence-electron chi connectivity index (χ3n) is 3.65. The molecular formula is C13H25NO3. The summed E-state index contributed by atoms with van der Waals surface area (Å²) in [5.41, 5.74) is 0. The van der Waals surface area contributed by atoms with Crippen LogP contribution in [0.1, 0.15) is 39.5 Å². The molecule has 0 aromatic carbocycles. The Hall–Kier alpha value is -0.160. The van der Waals surface area contributed by atoms with Gasteiger partial charge in [0, 0.05) is 31.5 Å². The molecule has 1 aliphatic carbocycles. The Morgan fingerprint density at radius 3 is 2.53 bits per heavy atom. The van der Waals surface area contributed by atoms with Crippen molar-refractivity contribution < 1.29 is 14.2 Å². The van der Waals surface area contributed by atoms with E-state index in [4.69, 9.17) is 14.2 Å². The summed E-state index contributed by atoms with van der Waals surface area (Å²) in [6.07, 6.45) is 4.31. The smallest absolute Gasteiger partial charge is 0.168 e. The van der Waals surface area contributed by atoms with Gasteiger partial charge in [-0.2, -0.15) is 0 Å². The Balaban J connectivity index is 1.68. The Morgan fingerprint density at radius 2 is 1.94 bits per heavy atom. The van der Waals surface area contributed by atoms with Crippen LogP contribution in [0.3, 0.4) is 0 Å². The minimum Gasteiger partial charge on any atom is -0.380 e. The zero-order valence-electron chi connectivity index (χ0n) is 11.0. The lowest BCUT2D eigenvalue weighted by atomic mass is 9.89. The van der Waals surface area contributed by atoms with Crippen molar-refractivity contribution in [2.45, 2.75) is 57.4 Å². The second-order valence-electron chi connectivity index (χ2n) is 5.11. The summed E-state index contributed by atoms with van der Waals surface area (Å²) in [6, 6.07) is 1.02. The fraction of sp³-hybridized carbons (Fsp3) is 1.00. The molecule has 1 unspecified atom stereocenters. The van der Waals surface area contributed by atoms with Gasteiger partial charge in [-0.1, -0.05) is 0 Å². The van der Waals surface area contributed by atoms with Gasteiger partial charge < -0.3 is 19.5 Å². The molecule has 1 saturated carbocycles. The highest BCUT2D eigenvalue weighted by atomic mass is 16.7. The lowest BCUT2D eigenvalue weighted by Crippen LogP contribution is -2.45. The van der Waals surface area contributed by atoms with Crippen LogP contribution in [0.2, 0.25) is 0 Å². The zero-order chi connectivity index (χ0) is 12.1. The molecule has 0 radical (unpaired) electrons. The molecule has 1 heterocycles. The number of ether oxygens (including phenoxy) is 3. The van der Waals surface area contributed by atoms with E-state index < -0.39 is 0 Å². The van der Waals surface area contributed by atoms with Gasteiger partial charge in [0.15, 0.2) is 5.79 Å². The highest BCUT2D eigenvalue weighted by Gasteiger charge is 2.40. The lowest BCUT2D eigenvalue weighted by Gasteiger charge is -2.36. The molecule has 0 amide bonds. The van der Waals surface area contributed by atoms with Crippen LogP contribution in [-0.2, 0) is 14.2 Å². The van der Waals surface area contributed by atoms with Crippen molar-refractivity contribution in [3.8, 4) is 0 Å². The summed E-state index contributed by atoms with van der Waals surface area (Å²) < 4.78 is 16.9. The van der Waals surface area contributed by atoms with Crippen LogP contribution in [0.5, 0.6) is 0 Å². The summed E-state index contributed by atoms with van der Waals surface area (Å²) in [5.74, 6) is -0.235. The number of rotatable bonds is 5. The molecule has 0 aromatic heterocycles. The fourth-order valence-electron chi connectivity index (χ4n) is 2.76. The van der Waals surface area contributed by atoms with Crippen molar-refractivity contribution in [2.75, 3.05) is 26.4 Å². The van der Waals surface area contributed by atoms with E-state index in [1.807, 2.05) is 6.92 Å². The van der Waals surface area contributed by atoms with Gasteiger partial charge in [0.25, 0.3) is 0 Å². The maximum atomic E-state index is 5.72. The maximum Gasteiger partial charge on any atom is 0.168 e. The molecule has 4 nitrogen and oxygen atoms in total. The third-order valence-corrected chi connectivity index (χ3v) is 3.65. The number of nitrogens with one attached hydrogen (secondary N) is 1. The topological polar surface area (TPSA) is 39.7 Å². The minimum atomic E-state index is -0.235. The first-order valence-electron chi connectivity index (χ1n) is 6.86. The predicted octanol–water partition coefficient (Wildman–Crippen LogP) is 1.69. The monoisotopic (exact) mass is 243 g/mol. The molecule has 1 spiro atoms. The van der Waals surface area contributed by atoms with E-state index in [9.17, 15) is 0 Å².